The molecule has 1 aromatic carbocycles. The third-order valence-corrected chi connectivity index (χ3v) is 2.31. The SMILES string of the molecule is Cc1ccc(Cc2nnn(CCN)n2)cc1. The Morgan fingerprint density at radius 3 is 2.69 bits per heavy atom. The van der Waals surface area contributed by atoms with E-state index in [0.29, 0.717) is 19.5 Å². The lowest BCUT2D eigenvalue weighted by Crippen LogP contribution is -2.12. The topological polar surface area (TPSA) is 69.6 Å². The number of rotatable bonds is 4. The van der Waals surface area contributed by atoms with Gasteiger partial charge >= 0.3 is 0 Å². The Hall–Kier alpha value is -1.75. The minimum atomic E-state index is 0.528. The van der Waals surface area contributed by atoms with Crippen LogP contribution in [0.2, 0.25) is 0 Å². The number of nitrogens with zero attached hydrogens (tertiary/aromatic N) is 4. The van der Waals surface area contributed by atoms with Crippen LogP contribution >= 0.6 is 0 Å². The molecule has 0 radical (unpaired) electrons. The number of aromatic nitrogens is 4. The van der Waals surface area contributed by atoms with Crippen LogP contribution in [0.25, 0.3) is 0 Å². The van der Waals surface area contributed by atoms with Crippen molar-refractivity contribution in [2.75, 3.05) is 6.54 Å². The molecule has 1 aromatic heterocycles. The second kappa shape index (κ2) is 4.85. The van der Waals surface area contributed by atoms with Crippen LogP contribution in [0.15, 0.2) is 24.3 Å². The maximum absolute atomic E-state index is 5.41. The van der Waals surface area contributed by atoms with Gasteiger partial charge in [0, 0.05) is 13.0 Å². The largest absolute Gasteiger partial charge is 0.329 e. The van der Waals surface area contributed by atoms with Crippen molar-refractivity contribution < 1.29 is 0 Å². The molecule has 2 rings (SSSR count). The minimum Gasteiger partial charge on any atom is -0.329 e. The molecule has 0 spiro atoms. The van der Waals surface area contributed by atoms with Crippen LogP contribution in [0.4, 0.5) is 0 Å². The van der Waals surface area contributed by atoms with E-state index in [9.17, 15) is 0 Å². The van der Waals surface area contributed by atoms with Gasteiger partial charge in [0.15, 0.2) is 5.82 Å². The average molecular weight is 217 g/mol. The van der Waals surface area contributed by atoms with Gasteiger partial charge in [-0.05, 0) is 17.7 Å². The van der Waals surface area contributed by atoms with Crippen LogP contribution in [0.5, 0.6) is 0 Å². The van der Waals surface area contributed by atoms with Crippen molar-refractivity contribution in [3.63, 3.8) is 0 Å². The number of benzene rings is 1. The highest BCUT2D eigenvalue weighted by atomic mass is 15.6. The molecule has 16 heavy (non-hydrogen) atoms. The summed E-state index contributed by atoms with van der Waals surface area (Å²) in [7, 11) is 0. The van der Waals surface area contributed by atoms with E-state index in [1.54, 1.807) is 0 Å². The van der Waals surface area contributed by atoms with Gasteiger partial charge in [0.25, 0.3) is 0 Å². The molecule has 0 unspecified atom stereocenters. The first kappa shape index (κ1) is 10.8. The molecule has 2 N–H and O–H groups in total. The zero-order chi connectivity index (χ0) is 11.4. The summed E-state index contributed by atoms with van der Waals surface area (Å²) in [5.41, 5.74) is 7.86. The maximum Gasteiger partial charge on any atom is 0.179 e. The van der Waals surface area contributed by atoms with Crippen LogP contribution in [0.3, 0.4) is 0 Å². The number of hydrogen-bond donors (Lipinski definition) is 1. The van der Waals surface area contributed by atoms with E-state index in [1.165, 1.54) is 15.9 Å². The van der Waals surface area contributed by atoms with Crippen molar-refractivity contribution in [3.05, 3.63) is 41.2 Å². The molecule has 0 aliphatic carbocycles. The van der Waals surface area contributed by atoms with Gasteiger partial charge in [-0.2, -0.15) is 4.80 Å². The van der Waals surface area contributed by atoms with E-state index < -0.39 is 0 Å². The normalized spacial score (nSPS) is 10.6. The molecule has 0 bridgehead atoms. The van der Waals surface area contributed by atoms with E-state index >= 15 is 0 Å². The second-order valence-electron chi connectivity index (χ2n) is 3.75. The molecule has 5 heteroatoms. The highest BCUT2D eigenvalue weighted by Gasteiger charge is 2.03. The summed E-state index contributed by atoms with van der Waals surface area (Å²) in [6.07, 6.45) is 0.713. The van der Waals surface area contributed by atoms with E-state index in [4.69, 9.17) is 5.73 Å². The molecule has 5 nitrogen and oxygen atoms in total. The lowest BCUT2D eigenvalue weighted by Gasteiger charge is -1.97. The van der Waals surface area contributed by atoms with Crippen molar-refractivity contribution in [1.82, 2.24) is 20.2 Å². The molecular formula is C11H15N5. The lowest BCUT2D eigenvalue weighted by molar-refractivity contribution is 0.529. The first-order valence-corrected chi connectivity index (χ1v) is 5.30. The molecule has 0 atom stereocenters. The molecule has 0 amide bonds. The van der Waals surface area contributed by atoms with Crippen LogP contribution in [0, 0.1) is 6.92 Å². The highest BCUT2D eigenvalue weighted by Crippen LogP contribution is 2.06. The summed E-state index contributed by atoms with van der Waals surface area (Å²) in [4.78, 5) is 1.53. The van der Waals surface area contributed by atoms with E-state index in [1.807, 2.05) is 0 Å². The Labute approximate surface area is 94.3 Å². The van der Waals surface area contributed by atoms with E-state index in [0.717, 1.165) is 5.82 Å². The predicted molar refractivity (Wildman–Crippen MR) is 60.9 cm³/mol. The Morgan fingerprint density at radius 1 is 1.25 bits per heavy atom. The minimum absolute atomic E-state index is 0.528. The number of nitrogens with two attached hydrogens (primary N) is 1. The Balaban J connectivity index is 2.05. The monoisotopic (exact) mass is 217 g/mol. The lowest BCUT2D eigenvalue weighted by atomic mass is 10.1. The number of aryl methyl sites for hydroxylation is 1. The zero-order valence-corrected chi connectivity index (χ0v) is 9.30. The van der Waals surface area contributed by atoms with Gasteiger partial charge in [-0.15, -0.1) is 10.2 Å². The third kappa shape index (κ3) is 2.64. The molecule has 2 aromatic rings. The fourth-order valence-electron chi connectivity index (χ4n) is 1.45. The van der Waals surface area contributed by atoms with E-state index in [2.05, 4.69) is 46.6 Å². The predicted octanol–water partition coefficient (Wildman–Crippen LogP) is 0.531. The fourth-order valence-corrected chi connectivity index (χ4v) is 1.45. The number of hydrogen-bond acceptors (Lipinski definition) is 4. The van der Waals surface area contributed by atoms with Gasteiger partial charge in [-0.1, -0.05) is 29.8 Å². The van der Waals surface area contributed by atoms with Gasteiger partial charge in [-0.25, -0.2) is 0 Å². The Kier molecular flexibility index (Phi) is 3.26. The molecule has 0 saturated carbocycles. The third-order valence-electron chi connectivity index (χ3n) is 2.31. The zero-order valence-electron chi connectivity index (χ0n) is 9.30. The quantitative estimate of drug-likeness (QED) is 0.811. The van der Waals surface area contributed by atoms with Crippen LogP contribution in [0.1, 0.15) is 17.0 Å². The molecule has 1 heterocycles. The second-order valence-corrected chi connectivity index (χ2v) is 3.75. The van der Waals surface area contributed by atoms with Crippen molar-refractivity contribution >= 4 is 0 Å². The van der Waals surface area contributed by atoms with Crippen molar-refractivity contribution in [1.29, 1.82) is 0 Å². The highest BCUT2D eigenvalue weighted by molar-refractivity contribution is 5.23. The van der Waals surface area contributed by atoms with Crippen molar-refractivity contribution in [2.24, 2.45) is 5.73 Å². The summed E-state index contributed by atoms with van der Waals surface area (Å²) in [5.74, 6) is 0.734. The van der Waals surface area contributed by atoms with Crippen molar-refractivity contribution in [2.45, 2.75) is 19.9 Å². The van der Waals surface area contributed by atoms with Gasteiger partial charge in [0.2, 0.25) is 0 Å². The molecule has 84 valence electrons. The van der Waals surface area contributed by atoms with Gasteiger partial charge in [-0.3, -0.25) is 0 Å². The van der Waals surface area contributed by atoms with E-state index in [-0.39, 0.29) is 0 Å². The summed E-state index contributed by atoms with van der Waals surface area (Å²) in [6, 6.07) is 8.33. The summed E-state index contributed by atoms with van der Waals surface area (Å²) in [6.45, 7) is 3.21. The average Bonchev–Trinajstić information content (AvgIpc) is 2.70. The number of tetrazole rings is 1. The van der Waals surface area contributed by atoms with Crippen LogP contribution in [-0.4, -0.2) is 26.8 Å². The fraction of sp³-hybridized carbons (Fsp3) is 0.364. The van der Waals surface area contributed by atoms with Gasteiger partial charge in [0.05, 0.1) is 6.54 Å². The molecule has 0 saturated heterocycles. The Morgan fingerprint density at radius 2 is 2.00 bits per heavy atom. The molecule has 0 aliphatic rings. The molecule has 0 aliphatic heterocycles. The Bertz CT molecular complexity index is 446. The van der Waals surface area contributed by atoms with Crippen LogP contribution < -0.4 is 5.73 Å². The van der Waals surface area contributed by atoms with Gasteiger partial charge < -0.3 is 5.73 Å². The van der Waals surface area contributed by atoms with Crippen LogP contribution in [-0.2, 0) is 13.0 Å². The maximum atomic E-state index is 5.41. The summed E-state index contributed by atoms with van der Waals surface area (Å²) >= 11 is 0. The molecule has 0 fully saturated rings. The smallest absolute Gasteiger partial charge is 0.179 e. The van der Waals surface area contributed by atoms with Crippen molar-refractivity contribution in [3.8, 4) is 0 Å². The first-order chi connectivity index (χ1) is 7.78. The standard InChI is InChI=1S/C11H15N5/c1-9-2-4-10(5-3-9)8-11-13-15-16(14-11)7-6-12/h2-5H,6-8,12H2,1H3. The summed E-state index contributed by atoms with van der Waals surface area (Å²) in [5, 5.41) is 12.1. The van der Waals surface area contributed by atoms with Gasteiger partial charge in [0.1, 0.15) is 0 Å². The summed E-state index contributed by atoms with van der Waals surface area (Å²) < 4.78 is 0. The molecular weight excluding hydrogens is 202 g/mol. The first-order valence-electron chi connectivity index (χ1n) is 5.30.